The van der Waals surface area contributed by atoms with Gasteiger partial charge in [-0.25, -0.2) is 9.59 Å². The van der Waals surface area contributed by atoms with Crippen molar-refractivity contribution in [3.8, 4) is 0 Å². The van der Waals surface area contributed by atoms with Crippen molar-refractivity contribution >= 4 is 35.5 Å². The number of fused-ring (bicyclic) bond motifs is 1. The summed E-state index contributed by atoms with van der Waals surface area (Å²) in [4.78, 5) is 26.6. The second-order valence-electron chi connectivity index (χ2n) is 8.13. The lowest BCUT2D eigenvalue weighted by Gasteiger charge is -2.32. The molecular weight excluding hydrogens is 375 g/mol. The second-order valence-corrected chi connectivity index (χ2v) is 8.13. The number of nitrogens with one attached hydrogen (secondary N) is 2. The average molecular weight is 402 g/mol. The van der Waals surface area contributed by atoms with Crippen LogP contribution in [0.15, 0.2) is 24.4 Å². The number of rotatable bonds is 6. The Labute approximate surface area is 170 Å². The standard InChI is InChI=1S/C20H27BN2O6/c1-6-27-18(26)23-15(17(24)25)10-12-11-22-14-9-7-8-13(16(12)14)21-28-19(2,3)20(4,5)29-21/h7-9,11,15,22H,6,10H2,1-5H3,(H,23,26)(H,24,25)/t15-/m0/s1. The van der Waals surface area contributed by atoms with Gasteiger partial charge in [0.25, 0.3) is 0 Å². The van der Waals surface area contributed by atoms with E-state index < -0.39 is 36.4 Å². The summed E-state index contributed by atoms with van der Waals surface area (Å²) in [5, 5.41) is 12.8. The summed E-state index contributed by atoms with van der Waals surface area (Å²) in [5.41, 5.74) is 1.41. The van der Waals surface area contributed by atoms with E-state index in [1.54, 1.807) is 13.1 Å². The fourth-order valence-electron chi connectivity index (χ4n) is 3.35. The molecule has 0 bridgehead atoms. The van der Waals surface area contributed by atoms with Gasteiger partial charge in [-0.05, 0) is 51.7 Å². The number of carbonyl (C=O) groups excluding carboxylic acids is 1. The van der Waals surface area contributed by atoms with Crippen LogP contribution in [0, 0.1) is 0 Å². The van der Waals surface area contributed by atoms with Crippen molar-refractivity contribution < 1.29 is 28.7 Å². The van der Waals surface area contributed by atoms with Crippen LogP contribution in [0.4, 0.5) is 4.79 Å². The Bertz CT molecular complexity index is 907. The molecule has 29 heavy (non-hydrogen) atoms. The van der Waals surface area contributed by atoms with Crippen LogP contribution in [-0.2, 0) is 25.3 Å². The number of aliphatic carboxylic acids is 1. The predicted octanol–water partition coefficient (Wildman–Crippen LogP) is 2.21. The van der Waals surface area contributed by atoms with Crippen molar-refractivity contribution in [3.05, 3.63) is 30.0 Å². The lowest BCUT2D eigenvalue weighted by atomic mass is 9.76. The zero-order valence-corrected chi connectivity index (χ0v) is 17.4. The summed E-state index contributed by atoms with van der Waals surface area (Å²) in [6.45, 7) is 9.75. The van der Waals surface area contributed by atoms with Crippen LogP contribution in [0.3, 0.4) is 0 Å². The zero-order valence-electron chi connectivity index (χ0n) is 17.4. The maximum atomic E-state index is 11.7. The molecule has 0 unspecified atom stereocenters. The molecule has 1 aromatic heterocycles. The van der Waals surface area contributed by atoms with E-state index in [-0.39, 0.29) is 13.0 Å². The molecule has 1 aromatic carbocycles. The number of benzene rings is 1. The van der Waals surface area contributed by atoms with Gasteiger partial charge in [0.2, 0.25) is 0 Å². The van der Waals surface area contributed by atoms with Gasteiger partial charge in [0.1, 0.15) is 6.04 Å². The molecule has 8 nitrogen and oxygen atoms in total. The second kappa shape index (κ2) is 7.72. The maximum absolute atomic E-state index is 11.7. The van der Waals surface area contributed by atoms with Gasteiger partial charge in [-0.3, -0.25) is 0 Å². The van der Waals surface area contributed by atoms with Crippen molar-refractivity contribution in [2.75, 3.05) is 6.61 Å². The number of H-pyrrole nitrogens is 1. The van der Waals surface area contributed by atoms with E-state index in [9.17, 15) is 14.7 Å². The molecule has 1 atom stereocenters. The average Bonchev–Trinajstić information content (AvgIpc) is 3.12. The molecule has 0 spiro atoms. The minimum Gasteiger partial charge on any atom is -0.480 e. The Kier molecular flexibility index (Phi) is 5.64. The van der Waals surface area contributed by atoms with E-state index in [2.05, 4.69) is 10.3 Å². The lowest BCUT2D eigenvalue weighted by molar-refractivity contribution is -0.139. The number of carboxylic acids is 1. The first kappa shape index (κ1) is 21.2. The molecule has 9 heteroatoms. The van der Waals surface area contributed by atoms with E-state index in [0.29, 0.717) is 0 Å². The molecule has 3 rings (SSSR count). The normalized spacial score (nSPS) is 18.6. The Morgan fingerprint density at radius 1 is 1.24 bits per heavy atom. The lowest BCUT2D eigenvalue weighted by Crippen LogP contribution is -2.42. The van der Waals surface area contributed by atoms with Crippen LogP contribution in [-0.4, -0.2) is 53.1 Å². The molecule has 2 aromatic rings. The number of carboxylic acid groups (broad SMARTS) is 1. The van der Waals surface area contributed by atoms with Crippen LogP contribution in [0.1, 0.15) is 40.2 Å². The molecule has 0 aliphatic carbocycles. The summed E-state index contributed by atoms with van der Waals surface area (Å²) < 4.78 is 17.2. The van der Waals surface area contributed by atoms with Crippen LogP contribution in [0.25, 0.3) is 10.9 Å². The number of hydrogen-bond acceptors (Lipinski definition) is 5. The fraction of sp³-hybridized carbons (Fsp3) is 0.500. The molecular formula is C20H27BN2O6. The van der Waals surface area contributed by atoms with Crippen molar-refractivity contribution in [1.29, 1.82) is 0 Å². The number of ether oxygens (including phenoxy) is 1. The highest BCUT2D eigenvalue weighted by Crippen LogP contribution is 2.37. The van der Waals surface area contributed by atoms with E-state index in [1.165, 1.54) is 0 Å². The largest absolute Gasteiger partial charge is 0.495 e. The third kappa shape index (κ3) is 4.11. The number of amides is 1. The smallest absolute Gasteiger partial charge is 0.480 e. The highest BCUT2D eigenvalue weighted by molar-refractivity contribution is 6.65. The molecule has 2 heterocycles. The molecule has 1 fully saturated rings. The number of aromatic nitrogens is 1. The van der Waals surface area contributed by atoms with Gasteiger partial charge in [-0.2, -0.15) is 0 Å². The summed E-state index contributed by atoms with van der Waals surface area (Å²) in [5.74, 6) is -1.14. The van der Waals surface area contributed by atoms with Gasteiger partial charge in [-0.15, -0.1) is 0 Å². The molecule has 1 aliphatic heterocycles. The predicted molar refractivity (Wildman–Crippen MR) is 109 cm³/mol. The monoisotopic (exact) mass is 402 g/mol. The number of carbonyl (C=O) groups is 2. The molecule has 0 radical (unpaired) electrons. The van der Waals surface area contributed by atoms with Gasteiger partial charge < -0.3 is 29.5 Å². The molecule has 3 N–H and O–H groups in total. The summed E-state index contributed by atoms with van der Waals surface area (Å²) in [6.07, 6.45) is 1.08. The first-order valence-corrected chi connectivity index (χ1v) is 9.66. The Hall–Kier alpha value is -2.52. The number of alkyl carbamates (subject to hydrolysis) is 1. The first-order chi connectivity index (χ1) is 13.6. The minimum absolute atomic E-state index is 0.0880. The molecule has 156 valence electrons. The number of hydrogen-bond donors (Lipinski definition) is 3. The Morgan fingerprint density at radius 2 is 1.90 bits per heavy atom. The van der Waals surface area contributed by atoms with Crippen LogP contribution < -0.4 is 10.8 Å². The van der Waals surface area contributed by atoms with E-state index in [4.69, 9.17) is 14.0 Å². The third-order valence-electron chi connectivity index (χ3n) is 5.62. The van der Waals surface area contributed by atoms with Gasteiger partial charge in [0.05, 0.1) is 17.8 Å². The Balaban J connectivity index is 1.94. The van der Waals surface area contributed by atoms with E-state index in [0.717, 1.165) is 21.9 Å². The van der Waals surface area contributed by atoms with Crippen molar-refractivity contribution in [2.24, 2.45) is 0 Å². The van der Waals surface area contributed by atoms with Gasteiger partial charge >= 0.3 is 19.2 Å². The van der Waals surface area contributed by atoms with Crippen molar-refractivity contribution in [3.63, 3.8) is 0 Å². The van der Waals surface area contributed by atoms with Crippen LogP contribution in [0.2, 0.25) is 0 Å². The van der Waals surface area contributed by atoms with E-state index >= 15 is 0 Å². The van der Waals surface area contributed by atoms with Crippen molar-refractivity contribution in [1.82, 2.24) is 10.3 Å². The van der Waals surface area contributed by atoms with Crippen LogP contribution in [0.5, 0.6) is 0 Å². The molecule has 1 aliphatic rings. The van der Waals surface area contributed by atoms with Crippen LogP contribution >= 0.6 is 0 Å². The SMILES string of the molecule is CCOC(=O)N[C@@H](Cc1c[nH]c2cccc(B3OC(C)(C)C(C)(C)O3)c12)C(=O)O. The van der Waals surface area contributed by atoms with E-state index in [1.807, 2.05) is 45.9 Å². The quantitative estimate of drug-likeness (QED) is 0.640. The zero-order chi connectivity index (χ0) is 21.4. The summed E-state index contributed by atoms with van der Waals surface area (Å²) in [7, 11) is -0.584. The highest BCUT2D eigenvalue weighted by atomic mass is 16.7. The molecule has 1 saturated heterocycles. The Morgan fingerprint density at radius 3 is 2.48 bits per heavy atom. The summed E-state index contributed by atoms with van der Waals surface area (Å²) >= 11 is 0. The maximum Gasteiger partial charge on any atom is 0.495 e. The number of aromatic amines is 1. The first-order valence-electron chi connectivity index (χ1n) is 9.66. The van der Waals surface area contributed by atoms with Gasteiger partial charge in [0, 0.05) is 23.5 Å². The van der Waals surface area contributed by atoms with Gasteiger partial charge in [0.15, 0.2) is 0 Å². The minimum atomic E-state index is -1.14. The molecule has 0 saturated carbocycles. The fourth-order valence-corrected chi connectivity index (χ4v) is 3.35. The highest BCUT2D eigenvalue weighted by Gasteiger charge is 2.52. The van der Waals surface area contributed by atoms with Crippen molar-refractivity contribution in [2.45, 2.75) is 58.3 Å². The third-order valence-corrected chi connectivity index (χ3v) is 5.62. The van der Waals surface area contributed by atoms with Gasteiger partial charge in [-0.1, -0.05) is 12.1 Å². The topological polar surface area (TPSA) is 110 Å². The molecule has 1 amide bonds. The summed E-state index contributed by atoms with van der Waals surface area (Å²) in [6, 6.07) is 4.59.